The third-order valence-corrected chi connectivity index (χ3v) is 4.25. The van der Waals surface area contributed by atoms with Gasteiger partial charge >= 0.3 is 6.18 Å². The molecule has 118 valence electrons. The van der Waals surface area contributed by atoms with Crippen molar-refractivity contribution in [2.45, 2.75) is 11.1 Å². The van der Waals surface area contributed by atoms with Crippen LogP contribution in [-0.2, 0) is 16.2 Å². The van der Waals surface area contributed by atoms with Crippen LogP contribution in [-0.4, -0.2) is 8.42 Å². The zero-order chi connectivity index (χ0) is 16.5. The Kier molecular flexibility index (Phi) is 4.35. The van der Waals surface area contributed by atoms with Crippen molar-refractivity contribution >= 4 is 27.3 Å². The van der Waals surface area contributed by atoms with Gasteiger partial charge in [0, 0.05) is 5.02 Å². The van der Waals surface area contributed by atoms with Gasteiger partial charge in [0.25, 0.3) is 10.0 Å². The number of halogens is 5. The highest BCUT2D eigenvalue weighted by Crippen LogP contribution is 2.32. The second-order valence-corrected chi connectivity index (χ2v) is 6.40. The monoisotopic (exact) mass is 353 g/mol. The molecule has 0 atom stereocenters. The quantitative estimate of drug-likeness (QED) is 0.836. The van der Waals surface area contributed by atoms with Crippen LogP contribution in [0.15, 0.2) is 47.4 Å². The van der Waals surface area contributed by atoms with Crippen molar-refractivity contribution in [1.82, 2.24) is 0 Å². The highest BCUT2D eigenvalue weighted by atomic mass is 35.5. The molecule has 9 heteroatoms. The molecule has 2 aromatic carbocycles. The van der Waals surface area contributed by atoms with Crippen LogP contribution in [0.4, 0.5) is 23.2 Å². The van der Waals surface area contributed by atoms with Gasteiger partial charge in [0.15, 0.2) is 0 Å². The average molecular weight is 354 g/mol. The number of alkyl halides is 3. The molecule has 2 aromatic rings. The molecule has 22 heavy (non-hydrogen) atoms. The summed E-state index contributed by atoms with van der Waals surface area (Å²) in [4.78, 5) is -0.213. The van der Waals surface area contributed by atoms with E-state index in [-0.39, 0.29) is 11.0 Å². The molecule has 0 aliphatic rings. The minimum absolute atomic E-state index is 0.213. The van der Waals surface area contributed by atoms with Gasteiger partial charge < -0.3 is 0 Å². The van der Waals surface area contributed by atoms with Crippen molar-refractivity contribution in [3.63, 3.8) is 0 Å². The van der Waals surface area contributed by atoms with E-state index in [2.05, 4.69) is 0 Å². The Morgan fingerprint density at radius 2 is 1.59 bits per heavy atom. The second-order valence-electron chi connectivity index (χ2n) is 4.29. The summed E-state index contributed by atoms with van der Waals surface area (Å²) in [5.41, 5.74) is -1.82. The van der Waals surface area contributed by atoms with Crippen molar-refractivity contribution in [2.24, 2.45) is 0 Å². The Balaban J connectivity index is 2.38. The van der Waals surface area contributed by atoms with Crippen LogP contribution in [0.1, 0.15) is 5.56 Å². The van der Waals surface area contributed by atoms with Crippen molar-refractivity contribution in [1.29, 1.82) is 0 Å². The van der Waals surface area contributed by atoms with E-state index in [1.807, 2.05) is 4.72 Å². The van der Waals surface area contributed by atoms with Crippen molar-refractivity contribution in [3.05, 3.63) is 58.9 Å². The van der Waals surface area contributed by atoms with Gasteiger partial charge in [0.1, 0.15) is 5.82 Å². The van der Waals surface area contributed by atoms with Crippen LogP contribution in [0.3, 0.4) is 0 Å². The van der Waals surface area contributed by atoms with Crippen LogP contribution < -0.4 is 4.72 Å². The minimum Gasteiger partial charge on any atom is -0.280 e. The first kappa shape index (κ1) is 16.6. The number of anilines is 1. The Bertz CT molecular complexity index is 789. The molecule has 0 saturated carbocycles. The first-order valence-corrected chi connectivity index (χ1v) is 7.60. The van der Waals surface area contributed by atoms with Crippen molar-refractivity contribution in [3.8, 4) is 0 Å². The number of benzene rings is 2. The first-order valence-electron chi connectivity index (χ1n) is 5.74. The molecular weight excluding hydrogens is 346 g/mol. The van der Waals surface area contributed by atoms with Crippen LogP contribution >= 0.6 is 11.6 Å². The molecule has 2 rings (SSSR count). The summed E-state index contributed by atoms with van der Waals surface area (Å²) < 4.78 is 77.0. The zero-order valence-electron chi connectivity index (χ0n) is 10.7. The van der Waals surface area contributed by atoms with Crippen LogP contribution in [0.5, 0.6) is 0 Å². The molecule has 0 aliphatic heterocycles. The largest absolute Gasteiger partial charge is 0.416 e. The van der Waals surface area contributed by atoms with Gasteiger partial charge in [-0.1, -0.05) is 11.6 Å². The lowest BCUT2D eigenvalue weighted by atomic mass is 10.2. The molecule has 0 amide bonds. The summed E-state index contributed by atoms with van der Waals surface area (Å²) in [6.45, 7) is 0. The molecule has 0 unspecified atom stereocenters. The summed E-state index contributed by atoms with van der Waals surface area (Å²) in [6, 6.07) is 6.41. The van der Waals surface area contributed by atoms with Crippen molar-refractivity contribution in [2.75, 3.05) is 4.72 Å². The van der Waals surface area contributed by atoms with E-state index in [0.717, 1.165) is 0 Å². The summed E-state index contributed by atoms with van der Waals surface area (Å²) in [6.07, 6.45) is -4.79. The van der Waals surface area contributed by atoms with Crippen LogP contribution in [0.25, 0.3) is 0 Å². The summed E-state index contributed by atoms with van der Waals surface area (Å²) in [7, 11) is -4.15. The fourth-order valence-corrected chi connectivity index (χ4v) is 2.81. The zero-order valence-corrected chi connectivity index (χ0v) is 12.2. The molecule has 0 fully saturated rings. The van der Waals surface area contributed by atoms with E-state index in [1.54, 1.807) is 0 Å². The van der Waals surface area contributed by atoms with E-state index in [9.17, 15) is 26.0 Å². The first-order chi connectivity index (χ1) is 10.1. The van der Waals surface area contributed by atoms with Gasteiger partial charge in [0.2, 0.25) is 0 Å². The van der Waals surface area contributed by atoms with Gasteiger partial charge in [-0.15, -0.1) is 0 Å². The summed E-state index contributed by atoms with van der Waals surface area (Å²) in [5, 5.41) is 0.295. The Labute approximate surface area is 128 Å². The predicted octanol–water partition coefficient (Wildman–Crippen LogP) is 4.30. The fraction of sp³-hybridized carbons (Fsp3) is 0.0769. The third-order valence-electron chi connectivity index (χ3n) is 2.60. The molecule has 0 radical (unpaired) electrons. The SMILES string of the molecule is O=S(=O)(Nc1cc(F)cc(C(F)(F)F)c1)c1ccc(Cl)cc1. The lowest BCUT2D eigenvalue weighted by molar-refractivity contribution is -0.137. The summed E-state index contributed by atoms with van der Waals surface area (Å²) in [5.74, 6) is -1.20. The topological polar surface area (TPSA) is 46.2 Å². The molecule has 0 spiro atoms. The van der Waals surface area contributed by atoms with E-state index in [1.165, 1.54) is 24.3 Å². The predicted molar refractivity (Wildman–Crippen MR) is 73.7 cm³/mol. The second kappa shape index (κ2) is 5.77. The third kappa shape index (κ3) is 3.89. The molecule has 3 nitrogen and oxygen atoms in total. The molecule has 0 aliphatic carbocycles. The highest BCUT2D eigenvalue weighted by Gasteiger charge is 2.31. The summed E-state index contributed by atoms with van der Waals surface area (Å²) >= 11 is 5.62. The molecule has 0 saturated heterocycles. The molecule has 0 bridgehead atoms. The number of rotatable bonds is 3. The fourth-order valence-electron chi connectivity index (χ4n) is 1.64. The average Bonchev–Trinajstić information content (AvgIpc) is 2.36. The van der Waals surface area contributed by atoms with Gasteiger partial charge in [-0.3, -0.25) is 4.72 Å². The Morgan fingerprint density at radius 1 is 1.00 bits per heavy atom. The number of nitrogens with one attached hydrogen (secondary N) is 1. The van der Waals surface area contributed by atoms with E-state index < -0.39 is 33.3 Å². The number of sulfonamides is 1. The van der Waals surface area contributed by atoms with Gasteiger partial charge in [-0.25, -0.2) is 12.8 Å². The van der Waals surface area contributed by atoms with Crippen LogP contribution in [0.2, 0.25) is 5.02 Å². The minimum atomic E-state index is -4.79. The standard InChI is InChI=1S/C13H8ClF4NO2S/c14-9-1-3-12(4-2-9)22(20,21)19-11-6-8(13(16,17)18)5-10(15)7-11/h1-7,19H. The van der Waals surface area contributed by atoms with E-state index in [4.69, 9.17) is 11.6 Å². The Morgan fingerprint density at radius 3 is 2.14 bits per heavy atom. The van der Waals surface area contributed by atoms with Gasteiger partial charge in [-0.05, 0) is 42.5 Å². The molecule has 0 heterocycles. The normalized spacial score (nSPS) is 12.2. The molecule has 1 N–H and O–H groups in total. The van der Waals surface area contributed by atoms with Gasteiger partial charge in [-0.2, -0.15) is 13.2 Å². The van der Waals surface area contributed by atoms with Crippen molar-refractivity contribution < 1.29 is 26.0 Å². The Hall–Kier alpha value is -1.80. The van der Waals surface area contributed by atoms with Crippen LogP contribution in [0, 0.1) is 5.82 Å². The van der Waals surface area contributed by atoms with Gasteiger partial charge in [0.05, 0.1) is 16.1 Å². The molecule has 0 aromatic heterocycles. The maximum absolute atomic E-state index is 13.2. The lowest BCUT2D eigenvalue weighted by Crippen LogP contribution is -2.14. The smallest absolute Gasteiger partial charge is 0.280 e. The molecular formula is C13H8ClF4NO2S. The number of hydrogen-bond donors (Lipinski definition) is 1. The lowest BCUT2D eigenvalue weighted by Gasteiger charge is -2.12. The number of hydrogen-bond acceptors (Lipinski definition) is 2. The maximum atomic E-state index is 13.2. The maximum Gasteiger partial charge on any atom is 0.416 e. The highest BCUT2D eigenvalue weighted by molar-refractivity contribution is 7.92. The van der Waals surface area contributed by atoms with E-state index >= 15 is 0 Å². The van der Waals surface area contributed by atoms with E-state index in [0.29, 0.717) is 17.2 Å².